The van der Waals surface area contributed by atoms with E-state index in [0.29, 0.717) is 5.69 Å². The molecule has 1 aromatic heterocycles. The molecule has 3 heteroatoms. The van der Waals surface area contributed by atoms with Crippen molar-refractivity contribution >= 4 is 17.6 Å². The number of rotatable bonds is 3. The van der Waals surface area contributed by atoms with Crippen molar-refractivity contribution in [2.45, 2.75) is 18.3 Å². The van der Waals surface area contributed by atoms with E-state index in [4.69, 9.17) is 0 Å². The Morgan fingerprint density at radius 3 is 2.56 bits per heavy atom. The molecule has 1 aliphatic carbocycles. The van der Waals surface area contributed by atoms with Gasteiger partial charge in [-0.2, -0.15) is 0 Å². The van der Waals surface area contributed by atoms with Crippen LogP contribution in [0.1, 0.15) is 33.9 Å². The maximum atomic E-state index is 10.6. The standard InChI is InChI=1S/C13H11NOS/c15-8-11-9-16-12(14-11)13(6-7-13)10-4-2-1-3-5-10/h1-5,8-9H,6-7H2. The first kappa shape index (κ1) is 9.73. The van der Waals surface area contributed by atoms with Gasteiger partial charge in [0.15, 0.2) is 6.29 Å². The minimum absolute atomic E-state index is 0.104. The Morgan fingerprint density at radius 2 is 2.00 bits per heavy atom. The van der Waals surface area contributed by atoms with Gasteiger partial charge >= 0.3 is 0 Å². The van der Waals surface area contributed by atoms with Gasteiger partial charge in [0.05, 0.1) is 0 Å². The summed E-state index contributed by atoms with van der Waals surface area (Å²) in [7, 11) is 0. The first-order valence-corrected chi connectivity index (χ1v) is 6.20. The molecule has 0 N–H and O–H groups in total. The lowest BCUT2D eigenvalue weighted by Crippen LogP contribution is -2.07. The van der Waals surface area contributed by atoms with Crippen LogP contribution in [-0.2, 0) is 5.41 Å². The quantitative estimate of drug-likeness (QED) is 0.757. The second-order valence-electron chi connectivity index (χ2n) is 4.14. The third-order valence-electron chi connectivity index (χ3n) is 3.13. The highest BCUT2D eigenvalue weighted by Crippen LogP contribution is 2.54. The van der Waals surface area contributed by atoms with Crippen molar-refractivity contribution < 1.29 is 4.79 Å². The maximum absolute atomic E-state index is 10.6. The fraction of sp³-hybridized carbons (Fsp3) is 0.231. The van der Waals surface area contributed by atoms with Gasteiger partial charge in [0.1, 0.15) is 10.7 Å². The Kier molecular flexibility index (Phi) is 2.14. The number of carbonyl (C=O) groups is 1. The maximum Gasteiger partial charge on any atom is 0.169 e. The first-order chi connectivity index (χ1) is 7.85. The predicted octanol–water partition coefficient (Wildman–Crippen LogP) is 3.04. The van der Waals surface area contributed by atoms with E-state index in [9.17, 15) is 4.79 Å². The van der Waals surface area contributed by atoms with Crippen LogP contribution in [0.15, 0.2) is 35.7 Å². The number of carbonyl (C=O) groups excluding carboxylic acids is 1. The fourth-order valence-corrected chi connectivity index (χ4v) is 3.11. The summed E-state index contributed by atoms with van der Waals surface area (Å²) in [5.41, 5.74) is 1.98. The molecule has 1 saturated carbocycles. The molecule has 1 fully saturated rings. The third-order valence-corrected chi connectivity index (χ3v) is 4.19. The van der Waals surface area contributed by atoms with Gasteiger partial charge < -0.3 is 0 Å². The third kappa shape index (κ3) is 1.39. The second kappa shape index (κ2) is 3.52. The van der Waals surface area contributed by atoms with Gasteiger partial charge in [0, 0.05) is 10.8 Å². The molecule has 1 aromatic carbocycles. The predicted molar refractivity (Wildman–Crippen MR) is 64.0 cm³/mol. The highest BCUT2D eigenvalue weighted by molar-refractivity contribution is 7.10. The monoisotopic (exact) mass is 229 g/mol. The lowest BCUT2D eigenvalue weighted by Gasteiger charge is -2.11. The van der Waals surface area contributed by atoms with E-state index >= 15 is 0 Å². The Labute approximate surface area is 98.0 Å². The molecule has 2 aromatic rings. The molecule has 0 amide bonds. The highest BCUT2D eigenvalue weighted by atomic mass is 32.1. The molecule has 0 radical (unpaired) electrons. The van der Waals surface area contributed by atoms with Crippen LogP contribution >= 0.6 is 11.3 Å². The van der Waals surface area contributed by atoms with Gasteiger partial charge in [-0.3, -0.25) is 4.79 Å². The van der Waals surface area contributed by atoms with E-state index in [0.717, 1.165) is 24.1 Å². The van der Waals surface area contributed by atoms with E-state index in [2.05, 4.69) is 29.2 Å². The molecular formula is C13H11NOS. The number of hydrogen-bond acceptors (Lipinski definition) is 3. The number of aldehydes is 1. The Bertz CT molecular complexity index is 514. The molecule has 80 valence electrons. The van der Waals surface area contributed by atoms with Crippen LogP contribution in [-0.4, -0.2) is 11.3 Å². The number of hydrogen-bond donors (Lipinski definition) is 0. The van der Waals surface area contributed by atoms with E-state index < -0.39 is 0 Å². The minimum Gasteiger partial charge on any atom is -0.296 e. The van der Waals surface area contributed by atoms with Gasteiger partial charge in [0.2, 0.25) is 0 Å². The van der Waals surface area contributed by atoms with Gasteiger partial charge in [-0.1, -0.05) is 30.3 Å². The normalized spacial score (nSPS) is 17.0. The lowest BCUT2D eigenvalue weighted by molar-refractivity contribution is 0.111. The van der Waals surface area contributed by atoms with Gasteiger partial charge in [-0.05, 0) is 18.4 Å². The van der Waals surface area contributed by atoms with Crippen LogP contribution in [0.25, 0.3) is 0 Å². The van der Waals surface area contributed by atoms with Crippen molar-refractivity contribution in [3.8, 4) is 0 Å². The zero-order valence-electron chi connectivity index (χ0n) is 8.72. The van der Waals surface area contributed by atoms with Crippen molar-refractivity contribution in [2.75, 3.05) is 0 Å². The SMILES string of the molecule is O=Cc1csc(C2(c3ccccc3)CC2)n1. The molecule has 0 spiro atoms. The Hall–Kier alpha value is -1.48. The van der Waals surface area contributed by atoms with E-state index in [1.165, 1.54) is 5.56 Å². The number of nitrogens with zero attached hydrogens (tertiary/aromatic N) is 1. The summed E-state index contributed by atoms with van der Waals surface area (Å²) in [5.74, 6) is 0. The summed E-state index contributed by atoms with van der Waals surface area (Å²) in [5, 5.41) is 2.92. The Morgan fingerprint density at radius 1 is 1.25 bits per heavy atom. The number of thiazole rings is 1. The van der Waals surface area contributed by atoms with Crippen LogP contribution in [0.4, 0.5) is 0 Å². The van der Waals surface area contributed by atoms with Crippen molar-refractivity contribution in [3.63, 3.8) is 0 Å². The average Bonchev–Trinajstić information content (AvgIpc) is 3.02. The van der Waals surface area contributed by atoms with Crippen LogP contribution in [0.3, 0.4) is 0 Å². The molecular weight excluding hydrogens is 218 g/mol. The van der Waals surface area contributed by atoms with Crippen LogP contribution in [0, 0.1) is 0 Å². The van der Waals surface area contributed by atoms with Crippen molar-refractivity contribution in [3.05, 3.63) is 52.0 Å². The summed E-state index contributed by atoms with van der Waals surface area (Å²) < 4.78 is 0. The molecule has 0 bridgehead atoms. The molecule has 3 rings (SSSR count). The second-order valence-corrected chi connectivity index (χ2v) is 5.00. The number of benzene rings is 1. The summed E-state index contributed by atoms with van der Waals surface area (Å²) >= 11 is 1.60. The summed E-state index contributed by atoms with van der Waals surface area (Å²) in [4.78, 5) is 15.0. The zero-order chi connectivity index (χ0) is 11.0. The molecule has 2 nitrogen and oxygen atoms in total. The van der Waals surface area contributed by atoms with Gasteiger partial charge in [-0.15, -0.1) is 11.3 Å². The van der Waals surface area contributed by atoms with Crippen LogP contribution in [0.2, 0.25) is 0 Å². The molecule has 1 aliphatic rings. The first-order valence-electron chi connectivity index (χ1n) is 5.32. The van der Waals surface area contributed by atoms with E-state index in [1.807, 2.05) is 11.4 Å². The molecule has 16 heavy (non-hydrogen) atoms. The van der Waals surface area contributed by atoms with E-state index in [-0.39, 0.29) is 5.41 Å². The summed E-state index contributed by atoms with van der Waals surface area (Å²) in [6, 6.07) is 10.4. The van der Waals surface area contributed by atoms with E-state index in [1.54, 1.807) is 11.3 Å². The summed E-state index contributed by atoms with van der Waals surface area (Å²) in [6.45, 7) is 0. The molecule has 0 unspecified atom stereocenters. The van der Waals surface area contributed by atoms with Crippen LogP contribution < -0.4 is 0 Å². The Balaban J connectivity index is 2.03. The van der Waals surface area contributed by atoms with Gasteiger partial charge in [0.25, 0.3) is 0 Å². The summed E-state index contributed by atoms with van der Waals surface area (Å²) in [6.07, 6.45) is 3.10. The smallest absolute Gasteiger partial charge is 0.169 e. The molecule has 0 saturated heterocycles. The number of aromatic nitrogens is 1. The molecule has 0 aliphatic heterocycles. The molecule has 0 atom stereocenters. The minimum atomic E-state index is 0.104. The highest BCUT2D eigenvalue weighted by Gasteiger charge is 2.48. The fourth-order valence-electron chi connectivity index (χ4n) is 2.07. The van der Waals surface area contributed by atoms with Crippen molar-refractivity contribution in [2.24, 2.45) is 0 Å². The average molecular weight is 229 g/mol. The lowest BCUT2D eigenvalue weighted by atomic mass is 9.97. The van der Waals surface area contributed by atoms with Crippen LogP contribution in [0.5, 0.6) is 0 Å². The van der Waals surface area contributed by atoms with Gasteiger partial charge in [-0.25, -0.2) is 4.98 Å². The van der Waals surface area contributed by atoms with Crippen molar-refractivity contribution in [1.82, 2.24) is 4.98 Å². The molecule has 1 heterocycles. The largest absolute Gasteiger partial charge is 0.296 e. The zero-order valence-corrected chi connectivity index (χ0v) is 9.54. The van der Waals surface area contributed by atoms with Crippen molar-refractivity contribution in [1.29, 1.82) is 0 Å². The topological polar surface area (TPSA) is 30.0 Å².